The van der Waals surface area contributed by atoms with Gasteiger partial charge in [-0.2, -0.15) is 4.98 Å². The van der Waals surface area contributed by atoms with Crippen molar-refractivity contribution < 1.29 is 4.79 Å². The van der Waals surface area contributed by atoms with Crippen molar-refractivity contribution in [1.29, 1.82) is 0 Å². The van der Waals surface area contributed by atoms with Crippen LogP contribution in [0.2, 0.25) is 0 Å². The topological polar surface area (TPSA) is 146 Å². The zero-order valence-corrected chi connectivity index (χ0v) is 15.9. The van der Waals surface area contributed by atoms with Crippen LogP contribution in [0.1, 0.15) is 36.0 Å². The van der Waals surface area contributed by atoms with Gasteiger partial charge in [0, 0.05) is 36.4 Å². The minimum absolute atomic E-state index is 0.0610. The van der Waals surface area contributed by atoms with Crippen LogP contribution in [0.25, 0.3) is 0 Å². The fourth-order valence-electron chi connectivity index (χ4n) is 3.51. The van der Waals surface area contributed by atoms with Crippen molar-refractivity contribution in [2.45, 2.75) is 37.8 Å². The molecule has 0 unspecified atom stereocenters. The van der Waals surface area contributed by atoms with Crippen molar-refractivity contribution in [1.82, 2.24) is 20.9 Å². The third kappa shape index (κ3) is 4.39. The van der Waals surface area contributed by atoms with Crippen molar-refractivity contribution in [3.05, 3.63) is 48.4 Å². The number of carbonyl (C=O) groups excluding carboxylic acids is 1. The summed E-state index contributed by atoms with van der Waals surface area (Å²) >= 11 is 0. The number of nitrogens with two attached hydrogens (primary N) is 2. The molecule has 2 aliphatic rings. The largest absolute Gasteiger partial charge is 0.365 e. The van der Waals surface area contributed by atoms with Crippen LogP contribution in [-0.2, 0) is 0 Å². The predicted octanol–water partition coefficient (Wildman–Crippen LogP) is 1.30. The molecule has 1 aliphatic carbocycles. The molecule has 2 aromatic rings. The molecule has 2 heterocycles. The van der Waals surface area contributed by atoms with E-state index in [1.165, 1.54) is 6.20 Å². The lowest BCUT2D eigenvalue weighted by Gasteiger charge is -2.29. The van der Waals surface area contributed by atoms with E-state index in [0.29, 0.717) is 11.8 Å². The molecule has 0 bridgehead atoms. The average Bonchev–Trinajstić information content (AvgIpc) is 3.25. The molecule has 1 aromatic carbocycles. The number of nitrogens with one attached hydrogen (secondary N) is 4. The number of benzene rings is 1. The summed E-state index contributed by atoms with van der Waals surface area (Å²) in [6.07, 6.45) is 9.28. The second kappa shape index (κ2) is 8.33. The molecule has 0 saturated heterocycles. The van der Waals surface area contributed by atoms with Gasteiger partial charge in [-0.05, 0) is 31.0 Å². The van der Waals surface area contributed by atoms with Crippen molar-refractivity contribution in [3.63, 3.8) is 0 Å². The molecule has 1 saturated carbocycles. The normalized spacial score (nSPS) is 20.9. The van der Waals surface area contributed by atoms with Gasteiger partial charge in [-0.25, -0.2) is 4.98 Å². The molecule has 4 rings (SSSR count). The number of amides is 1. The molecule has 8 N–H and O–H groups in total. The van der Waals surface area contributed by atoms with Gasteiger partial charge in [-0.3, -0.25) is 9.80 Å². The van der Waals surface area contributed by atoms with Crippen molar-refractivity contribution in [2.24, 2.45) is 11.5 Å². The summed E-state index contributed by atoms with van der Waals surface area (Å²) in [5.74, 6) is 0.168. The van der Waals surface area contributed by atoms with Gasteiger partial charge in [0.2, 0.25) is 5.95 Å². The molecule has 2 atom stereocenters. The molecule has 1 aromatic heterocycles. The first-order valence-corrected chi connectivity index (χ1v) is 9.63. The van der Waals surface area contributed by atoms with Gasteiger partial charge in [0.25, 0.3) is 5.91 Å². The standard InChI is InChI=1S/C19H25N9O/c20-15-6-1-2-7-16(15)25-19-22-11-14(17(21)29)18(26-19)24-12-4-3-5-13(10-12)28-9-8-23-27-28/h3-5,8-11,15-16,23,27H,1-2,6-7,20H2,(H2,21,29)(H2,22,24,25,26)/t15-,16+/m0/s1. The number of anilines is 4. The van der Waals surface area contributed by atoms with Crippen LogP contribution < -0.4 is 38.1 Å². The van der Waals surface area contributed by atoms with Crippen LogP contribution in [-0.4, -0.2) is 28.0 Å². The maximum atomic E-state index is 11.9. The number of hydrogen-bond donors (Lipinski definition) is 6. The van der Waals surface area contributed by atoms with Gasteiger partial charge >= 0.3 is 0 Å². The number of aromatic nitrogens is 2. The summed E-state index contributed by atoms with van der Waals surface area (Å²) < 4.78 is 0. The summed E-state index contributed by atoms with van der Waals surface area (Å²) in [5, 5.41) is 8.31. The number of hydrazine groups is 2. The van der Waals surface area contributed by atoms with E-state index in [0.717, 1.165) is 37.1 Å². The third-order valence-electron chi connectivity index (χ3n) is 5.07. The number of carbonyl (C=O) groups is 1. The molecule has 0 spiro atoms. The zero-order chi connectivity index (χ0) is 20.2. The Kier molecular flexibility index (Phi) is 5.45. The average molecular weight is 395 g/mol. The van der Waals surface area contributed by atoms with Crippen molar-refractivity contribution in [2.75, 3.05) is 15.6 Å². The second-order valence-corrected chi connectivity index (χ2v) is 7.14. The highest BCUT2D eigenvalue weighted by Crippen LogP contribution is 2.25. The summed E-state index contributed by atoms with van der Waals surface area (Å²) in [4.78, 5) is 20.6. The number of rotatable bonds is 6. The fourth-order valence-corrected chi connectivity index (χ4v) is 3.51. The Morgan fingerprint density at radius 1 is 1.28 bits per heavy atom. The minimum atomic E-state index is -0.599. The molecule has 29 heavy (non-hydrogen) atoms. The lowest BCUT2D eigenvalue weighted by molar-refractivity contribution is 0.100. The first-order chi connectivity index (χ1) is 14.1. The maximum Gasteiger partial charge on any atom is 0.254 e. The molecule has 10 nitrogen and oxygen atoms in total. The molecule has 10 heteroatoms. The summed E-state index contributed by atoms with van der Waals surface area (Å²) in [5.41, 5.74) is 19.5. The molecule has 152 valence electrons. The van der Waals surface area contributed by atoms with Crippen LogP contribution in [0.5, 0.6) is 0 Å². The summed E-state index contributed by atoms with van der Waals surface area (Å²) in [6, 6.07) is 7.82. The van der Waals surface area contributed by atoms with E-state index in [2.05, 4.69) is 31.6 Å². The van der Waals surface area contributed by atoms with Gasteiger partial charge in [-0.15, -0.1) is 5.53 Å². The van der Waals surface area contributed by atoms with E-state index >= 15 is 0 Å². The van der Waals surface area contributed by atoms with Crippen molar-refractivity contribution >= 4 is 29.0 Å². The van der Waals surface area contributed by atoms with Gasteiger partial charge < -0.3 is 27.5 Å². The summed E-state index contributed by atoms with van der Waals surface area (Å²) in [6.45, 7) is 0. The monoisotopic (exact) mass is 395 g/mol. The minimum Gasteiger partial charge on any atom is -0.365 e. The number of primary amides is 1. The molecule has 1 amide bonds. The van der Waals surface area contributed by atoms with Crippen LogP contribution in [0.4, 0.5) is 23.1 Å². The molecular weight excluding hydrogens is 370 g/mol. The SMILES string of the molecule is NC(=O)c1cnc(N[C@@H]2CCCC[C@@H]2N)nc1Nc1cccc(N2C=CNN2)c1. The lowest BCUT2D eigenvalue weighted by Crippen LogP contribution is -2.43. The van der Waals surface area contributed by atoms with Gasteiger partial charge in [0.05, 0.1) is 5.69 Å². The molecule has 1 aliphatic heterocycles. The van der Waals surface area contributed by atoms with E-state index < -0.39 is 5.91 Å². The fraction of sp³-hybridized carbons (Fsp3) is 0.316. The van der Waals surface area contributed by atoms with E-state index in [1.54, 1.807) is 6.20 Å². The maximum absolute atomic E-state index is 11.9. The highest BCUT2D eigenvalue weighted by Gasteiger charge is 2.23. The first kappa shape index (κ1) is 19.0. The van der Waals surface area contributed by atoms with E-state index in [1.807, 2.05) is 35.5 Å². The quantitative estimate of drug-likeness (QED) is 0.426. The summed E-state index contributed by atoms with van der Waals surface area (Å²) in [7, 11) is 0. The van der Waals surface area contributed by atoms with E-state index in [9.17, 15) is 4.79 Å². The predicted molar refractivity (Wildman–Crippen MR) is 112 cm³/mol. The first-order valence-electron chi connectivity index (χ1n) is 9.63. The van der Waals surface area contributed by atoms with E-state index in [4.69, 9.17) is 11.5 Å². The van der Waals surface area contributed by atoms with Crippen LogP contribution in [0, 0.1) is 0 Å². The van der Waals surface area contributed by atoms with Crippen LogP contribution in [0.15, 0.2) is 42.9 Å². The molecule has 1 fully saturated rings. The smallest absolute Gasteiger partial charge is 0.254 e. The Morgan fingerprint density at radius 3 is 2.90 bits per heavy atom. The van der Waals surface area contributed by atoms with Gasteiger partial charge in [0.1, 0.15) is 11.4 Å². The van der Waals surface area contributed by atoms with E-state index in [-0.39, 0.29) is 17.6 Å². The second-order valence-electron chi connectivity index (χ2n) is 7.14. The number of hydrogen-bond acceptors (Lipinski definition) is 9. The Bertz CT molecular complexity index is 916. The van der Waals surface area contributed by atoms with Crippen LogP contribution >= 0.6 is 0 Å². The Balaban J connectivity index is 1.57. The molecular formula is C19H25N9O. The van der Waals surface area contributed by atoms with Crippen molar-refractivity contribution in [3.8, 4) is 0 Å². The zero-order valence-electron chi connectivity index (χ0n) is 15.9. The highest BCUT2D eigenvalue weighted by molar-refractivity contribution is 5.98. The Morgan fingerprint density at radius 2 is 2.14 bits per heavy atom. The number of nitrogens with zero attached hydrogens (tertiary/aromatic N) is 3. The lowest BCUT2D eigenvalue weighted by atomic mass is 9.91. The molecule has 0 radical (unpaired) electrons. The Hall–Kier alpha value is -3.37. The van der Waals surface area contributed by atoms with Gasteiger partial charge in [0.15, 0.2) is 0 Å². The van der Waals surface area contributed by atoms with Gasteiger partial charge in [-0.1, -0.05) is 18.9 Å². The Labute approximate surface area is 168 Å². The highest BCUT2D eigenvalue weighted by atomic mass is 16.1. The third-order valence-corrected chi connectivity index (χ3v) is 5.07. The van der Waals surface area contributed by atoms with Crippen LogP contribution in [0.3, 0.4) is 0 Å².